The number of benzene rings is 3. The van der Waals surface area contributed by atoms with Crippen LogP contribution in [0.3, 0.4) is 0 Å². The summed E-state index contributed by atoms with van der Waals surface area (Å²) in [5.74, 6) is 1.56. The summed E-state index contributed by atoms with van der Waals surface area (Å²) in [5.41, 5.74) is 0.989. The number of ether oxygens (including phenoxy) is 1. The zero-order valence-electron chi connectivity index (χ0n) is 13.8. The van der Waals surface area contributed by atoms with Crippen molar-refractivity contribution in [2.75, 3.05) is 0 Å². The zero-order chi connectivity index (χ0) is 17.8. The fourth-order valence-corrected chi connectivity index (χ4v) is 3.22. The van der Waals surface area contributed by atoms with Crippen LogP contribution >= 0.6 is 11.8 Å². The topological polar surface area (TPSA) is 48.2 Å². The summed E-state index contributed by atoms with van der Waals surface area (Å²) in [6, 6.07) is 20.4. The Hall–Kier alpha value is -2.86. The van der Waals surface area contributed by atoms with Crippen LogP contribution in [-0.4, -0.2) is 10.2 Å². The Morgan fingerprint density at radius 1 is 0.923 bits per heavy atom. The molecule has 0 atom stereocenters. The quantitative estimate of drug-likeness (QED) is 0.437. The van der Waals surface area contributed by atoms with E-state index >= 15 is 0 Å². The van der Waals surface area contributed by atoms with E-state index in [9.17, 15) is 4.39 Å². The molecule has 3 aromatic carbocycles. The van der Waals surface area contributed by atoms with E-state index in [0.717, 1.165) is 22.1 Å². The van der Waals surface area contributed by atoms with Gasteiger partial charge in [0.15, 0.2) is 6.61 Å². The summed E-state index contributed by atoms with van der Waals surface area (Å²) >= 11 is 1.41. The molecule has 0 spiro atoms. The molecule has 0 aliphatic carbocycles. The van der Waals surface area contributed by atoms with E-state index < -0.39 is 0 Å². The third-order valence-corrected chi connectivity index (χ3v) is 4.70. The van der Waals surface area contributed by atoms with Crippen molar-refractivity contribution in [3.05, 3.63) is 84.0 Å². The molecule has 0 saturated heterocycles. The van der Waals surface area contributed by atoms with Crippen LogP contribution in [0.25, 0.3) is 10.8 Å². The van der Waals surface area contributed by atoms with E-state index in [-0.39, 0.29) is 12.4 Å². The molecule has 0 amide bonds. The van der Waals surface area contributed by atoms with Crippen LogP contribution in [0.4, 0.5) is 4.39 Å². The summed E-state index contributed by atoms with van der Waals surface area (Å²) in [6.45, 7) is 0.211. The van der Waals surface area contributed by atoms with E-state index in [1.54, 1.807) is 12.1 Å². The van der Waals surface area contributed by atoms with Crippen molar-refractivity contribution in [2.45, 2.75) is 17.6 Å². The number of aromatic nitrogens is 2. The van der Waals surface area contributed by atoms with Gasteiger partial charge in [0.2, 0.25) is 0 Å². The molecule has 0 fully saturated rings. The Labute approximate surface area is 154 Å². The minimum Gasteiger partial charge on any atom is -0.484 e. The maximum atomic E-state index is 12.9. The maximum absolute atomic E-state index is 12.9. The highest BCUT2D eigenvalue weighted by molar-refractivity contribution is 7.98. The normalized spacial score (nSPS) is 11.0. The van der Waals surface area contributed by atoms with E-state index in [4.69, 9.17) is 9.15 Å². The molecular weight excluding hydrogens is 351 g/mol. The number of hydrogen-bond acceptors (Lipinski definition) is 5. The van der Waals surface area contributed by atoms with Gasteiger partial charge in [-0.05, 0) is 40.6 Å². The first kappa shape index (κ1) is 16.6. The fourth-order valence-electron chi connectivity index (χ4n) is 2.48. The molecule has 4 aromatic rings. The smallest absolute Gasteiger partial charge is 0.277 e. The average molecular weight is 366 g/mol. The molecule has 130 valence electrons. The van der Waals surface area contributed by atoms with Gasteiger partial charge in [0.25, 0.3) is 11.1 Å². The summed E-state index contributed by atoms with van der Waals surface area (Å²) in [5, 5.41) is 10.7. The van der Waals surface area contributed by atoms with Crippen molar-refractivity contribution in [3.8, 4) is 5.75 Å². The van der Waals surface area contributed by atoms with Gasteiger partial charge in [-0.3, -0.25) is 0 Å². The number of thioether (sulfide) groups is 1. The molecule has 0 unspecified atom stereocenters. The van der Waals surface area contributed by atoms with Crippen molar-refractivity contribution in [1.82, 2.24) is 10.2 Å². The first-order chi connectivity index (χ1) is 12.8. The van der Waals surface area contributed by atoms with Crippen LogP contribution in [0.2, 0.25) is 0 Å². The Kier molecular flexibility index (Phi) is 4.84. The Morgan fingerprint density at radius 2 is 1.73 bits per heavy atom. The van der Waals surface area contributed by atoms with Gasteiger partial charge in [-0.15, -0.1) is 10.2 Å². The standard InChI is InChI=1S/C20H15FN2O2S/c21-17-8-5-14(6-9-17)13-26-20-23-22-19(25-20)12-24-18-10-7-15-3-1-2-4-16(15)11-18/h1-11H,12-13H2. The summed E-state index contributed by atoms with van der Waals surface area (Å²) < 4.78 is 24.2. The molecule has 0 aliphatic rings. The van der Waals surface area contributed by atoms with Crippen LogP contribution in [0.1, 0.15) is 11.5 Å². The molecule has 0 N–H and O–H groups in total. The molecule has 0 saturated carbocycles. The lowest BCUT2D eigenvalue weighted by Gasteiger charge is -2.04. The Balaban J connectivity index is 1.34. The van der Waals surface area contributed by atoms with Crippen LogP contribution in [0.15, 0.2) is 76.4 Å². The lowest BCUT2D eigenvalue weighted by atomic mass is 10.1. The molecule has 0 bridgehead atoms. The van der Waals surface area contributed by atoms with E-state index in [0.29, 0.717) is 16.9 Å². The van der Waals surface area contributed by atoms with E-state index in [1.807, 2.05) is 36.4 Å². The second kappa shape index (κ2) is 7.58. The van der Waals surface area contributed by atoms with E-state index in [2.05, 4.69) is 16.3 Å². The van der Waals surface area contributed by atoms with Crippen molar-refractivity contribution in [1.29, 1.82) is 0 Å². The highest BCUT2D eigenvalue weighted by Crippen LogP contribution is 2.23. The average Bonchev–Trinajstić information content (AvgIpc) is 3.14. The third kappa shape index (κ3) is 4.03. The molecule has 0 radical (unpaired) electrons. The first-order valence-electron chi connectivity index (χ1n) is 8.07. The molecule has 4 nitrogen and oxygen atoms in total. The molecule has 26 heavy (non-hydrogen) atoms. The molecule has 0 aliphatic heterocycles. The predicted molar refractivity (Wildman–Crippen MR) is 98.5 cm³/mol. The number of halogens is 1. The third-order valence-electron chi connectivity index (χ3n) is 3.81. The van der Waals surface area contributed by atoms with Gasteiger partial charge in [0, 0.05) is 5.75 Å². The van der Waals surface area contributed by atoms with Crippen molar-refractivity contribution >= 4 is 22.5 Å². The highest BCUT2D eigenvalue weighted by atomic mass is 32.2. The molecule has 1 aromatic heterocycles. The monoisotopic (exact) mass is 366 g/mol. The highest BCUT2D eigenvalue weighted by Gasteiger charge is 2.08. The zero-order valence-corrected chi connectivity index (χ0v) is 14.6. The van der Waals surface area contributed by atoms with E-state index in [1.165, 1.54) is 23.9 Å². The van der Waals surface area contributed by atoms with Crippen molar-refractivity contribution < 1.29 is 13.5 Å². The maximum Gasteiger partial charge on any atom is 0.277 e. The van der Waals surface area contributed by atoms with Gasteiger partial charge in [0.1, 0.15) is 11.6 Å². The molecule has 4 rings (SSSR count). The number of nitrogens with zero attached hydrogens (tertiary/aromatic N) is 2. The fraction of sp³-hybridized carbons (Fsp3) is 0.100. The molecular formula is C20H15FN2O2S. The number of hydrogen-bond donors (Lipinski definition) is 0. The van der Waals surface area contributed by atoms with Gasteiger partial charge in [-0.2, -0.15) is 0 Å². The van der Waals surface area contributed by atoms with Crippen molar-refractivity contribution in [3.63, 3.8) is 0 Å². The van der Waals surface area contributed by atoms with Crippen LogP contribution in [0, 0.1) is 5.82 Å². The van der Waals surface area contributed by atoms with Crippen molar-refractivity contribution in [2.24, 2.45) is 0 Å². The summed E-state index contributed by atoms with van der Waals surface area (Å²) in [7, 11) is 0. The minimum atomic E-state index is -0.246. The van der Waals surface area contributed by atoms with Gasteiger partial charge in [0.05, 0.1) is 0 Å². The van der Waals surface area contributed by atoms with Gasteiger partial charge >= 0.3 is 0 Å². The van der Waals surface area contributed by atoms with Gasteiger partial charge in [-0.25, -0.2) is 4.39 Å². The summed E-state index contributed by atoms with van der Waals surface area (Å²) in [6.07, 6.45) is 0. The van der Waals surface area contributed by atoms with Gasteiger partial charge in [-0.1, -0.05) is 54.2 Å². The molecule has 6 heteroatoms. The van der Waals surface area contributed by atoms with Crippen LogP contribution in [-0.2, 0) is 12.4 Å². The molecule has 1 heterocycles. The second-order valence-corrected chi connectivity index (χ2v) is 6.60. The van der Waals surface area contributed by atoms with Crippen LogP contribution < -0.4 is 4.74 Å². The lowest BCUT2D eigenvalue weighted by molar-refractivity contribution is 0.252. The predicted octanol–water partition coefficient (Wildman–Crippen LogP) is 5.23. The first-order valence-corrected chi connectivity index (χ1v) is 9.06. The number of rotatable bonds is 6. The van der Waals surface area contributed by atoms with Crippen LogP contribution in [0.5, 0.6) is 5.75 Å². The SMILES string of the molecule is Fc1ccc(CSc2nnc(COc3ccc4ccccc4c3)o2)cc1. The number of fused-ring (bicyclic) bond motifs is 1. The lowest BCUT2D eigenvalue weighted by Crippen LogP contribution is -1.95. The Bertz CT molecular complexity index is 1020. The minimum absolute atomic E-state index is 0.211. The Morgan fingerprint density at radius 3 is 2.58 bits per heavy atom. The largest absolute Gasteiger partial charge is 0.484 e. The second-order valence-electron chi connectivity index (χ2n) is 5.67. The summed E-state index contributed by atoms with van der Waals surface area (Å²) in [4.78, 5) is 0. The van der Waals surface area contributed by atoms with Gasteiger partial charge < -0.3 is 9.15 Å².